The molecule has 6 nitrogen and oxygen atoms in total. The number of carbonyl (C=O) groups excluding carboxylic acids is 2. The van der Waals surface area contributed by atoms with E-state index in [4.69, 9.17) is 16.3 Å². The highest BCUT2D eigenvalue weighted by molar-refractivity contribution is 7.07. The molecular formula is C21H20ClN3O3S. The number of thiazole rings is 1. The largest absolute Gasteiger partial charge is 0.487 e. The van der Waals surface area contributed by atoms with E-state index in [9.17, 15) is 9.59 Å². The minimum atomic E-state index is -0.302. The number of ether oxygens (including phenoxy) is 1. The van der Waals surface area contributed by atoms with Gasteiger partial charge in [-0.25, -0.2) is 4.98 Å². The van der Waals surface area contributed by atoms with Gasteiger partial charge in [-0.2, -0.15) is 0 Å². The van der Waals surface area contributed by atoms with Crippen LogP contribution in [0.15, 0.2) is 53.4 Å². The van der Waals surface area contributed by atoms with Crippen molar-refractivity contribution in [2.75, 3.05) is 11.9 Å². The Morgan fingerprint density at radius 2 is 2.03 bits per heavy atom. The SMILES string of the molecule is CCCNC(=O)c1ccc(NC(=O)c2cccc(OCc3cscn3)c2)cc1Cl. The van der Waals surface area contributed by atoms with E-state index in [1.54, 1.807) is 48.0 Å². The highest BCUT2D eigenvalue weighted by Crippen LogP contribution is 2.22. The van der Waals surface area contributed by atoms with Gasteiger partial charge >= 0.3 is 0 Å². The van der Waals surface area contributed by atoms with Crippen LogP contribution in [0, 0.1) is 0 Å². The third kappa shape index (κ3) is 5.79. The average molecular weight is 430 g/mol. The number of benzene rings is 2. The maximum absolute atomic E-state index is 12.6. The topological polar surface area (TPSA) is 80.3 Å². The molecule has 2 amide bonds. The molecule has 8 heteroatoms. The second-order valence-electron chi connectivity index (χ2n) is 6.20. The summed E-state index contributed by atoms with van der Waals surface area (Å²) in [7, 11) is 0. The summed E-state index contributed by atoms with van der Waals surface area (Å²) < 4.78 is 5.68. The number of hydrogen-bond acceptors (Lipinski definition) is 5. The smallest absolute Gasteiger partial charge is 0.255 e. The number of nitrogens with zero attached hydrogens (tertiary/aromatic N) is 1. The zero-order valence-corrected chi connectivity index (χ0v) is 17.3. The van der Waals surface area contributed by atoms with E-state index >= 15 is 0 Å². The van der Waals surface area contributed by atoms with Crippen LogP contribution in [0.4, 0.5) is 5.69 Å². The van der Waals surface area contributed by atoms with Crippen LogP contribution < -0.4 is 15.4 Å². The molecule has 0 aliphatic rings. The molecule has 0 bridgehead atoms. The van der Waals surface area contributed by atoms with Crippen LogP contribution in [0.2, 0.25) is 5.02 Å². The van der Waals surface area contributed by atoms with Crippen LogP contribution in [-0.2, 0) is 6.61 Å². The van der Waals surface area contributed by atoms with Crippen molar-refractivity contribution in [1.29, 1.82) is 0 Å². The molecule has 1 heterocycles. The molecule has 0 radical (unpaired) electrons. The van der Waals surface area contributed by atoms with Gasteiger partial charge in [0, 0.05) is 23.2 Å². The van der Waals surface area contributed by atoms with Gasteiger partial charge in [-0.05, 0) is 42.8 Å². The van der Waals surface area contributed by atoms with E-state index in [1.807, 2.05) is 12.3 Å². The minimum Gasteiger partial charge on any atom is -0.487 e. The molecular weight excluding hydrogens is 410 g/mol. The number of aromatic nitrogens is 1. The summed E-state index contributed by atoms with van der Waals surface area (Å²) in [4.78, 5) is 28.8. The van der Waals surface area contributed by atoms with Crippen LogP contribution in [0.1, 0.15) is 39.8 Å². The second kappa shape index (κ2) is 10.0. The standard InChI is InChI=1S/C21H20ClN3O3S/c1-2-8-23-21(27)18-7-6-15(10-19(18)22)25-20(26)14-4-3-5-17(9-14)28-11-16-12-29-13-24-16/h3-7,9-10,12-13H,2,8,11H2,1H3,(H,23,27)(H,25,26). The summed E-state index contributed by atoms with van der Waals surface area (Å²) in [5, 5.41) is 7.74. The zero-order valence-electron chi connectivity index (χ0n) is 15.8. The molecule has 0 fully saturated rings. The van der Waals surface area contributed by atoms with Gasteiger partial charge in [-0.1, -0.05) is 24.6 Å². The van der Waals surface area contributed by atoms with Crippen LogP contribution in [-0.4, -0.2) is 23.3 Å². The number of amides is 2. The molecule has 29 heavy (non-hydrogen) atoms. The van der Waals surface area contributed by atoms with Crippen molar-refractivity contribution in [1.82, 2.24) is 10.3 Å². The normalized spacial score (nSPS) is 10.4. The highest BCUT2D eigenvalue weighted by atomic mass is 35.5. The summed E-state index contributed by atoms with van der Waals surface area (Å²) >= 11 is 7.71. The van der Waals surface area contributed by atoms with Crippen molar-refractivity contribution in [3.05, 3.63) is 75.2 Å². The fourth-order valence-electron chi connectivity index (χ4n) is 2.51. The van der Waals surface area contributed by atoms with E-state index in [1.165, 1.54) is 11.3 Å². The molecule has 0 spiro atoms. The molecule has 2 N–H and O–H groups in total. The van der Waals surface area contributed by atoms with Crippen molar-refractivity contribution in [2.24, 2.45) is 0 Å². The fourth-order valence-corrected chi connectivity index (χ4v) is 3.32. The van der Waals surface area contributed by atoms with Crippen molar-refractivity contribution >= 4 is 40.4 Å². The quantitative estimate of drug-likeness (QED) is 0.540. The molecule has 2 aromatic carbocycles. The number of halogens is 1. The van der Waals surface area contributed by atoms with Crippen molar-refractivity contribution in [2.45, 2.75) is 20.0 Å². The first-order chi connectivity index (χ1) is 14.1. The van der Waals surface area contributed by atoms with E-state index in [0.29, 0.717) is 35.7 Å². The van der Waals surface area contributed by atoms with E-state index in [-0.39, 0.29) is 16.8 Å². The predicted octanol–water partition coefficient (Wildman–Crippen LogP) is 4.77. The van der Waals surface area contributed by atoms with Crippen LogP contribution in [0.3, 0.4) is 0 Å². The molecule has 3 rings (SSSR count). The summed E-state index contributed by atoms with van der Waals surface area (Å²) in [6, 6.07) is 11.7. The summed E-state index contributed by atoms with van der Waals surface area (Å²) in [5.74, 6) is 0.0367. The first-order valence-electron chi connectivity index (χ1n) is 9.06. The lowest BCUT2D eigenvalue weighted by Gasteiger charge is -2.10. The number of carbonyl (C=O) groups is 2. The van der Waals surface area contributed by atoms with Gasteiger partial charge < -0.3 is 15.4 Å². The van der Waals surface area contributed by atoms with Gasteiger partial charge in [0.2, 0.25) is 0 Å². The van der Waals surface area contributed by atoms with Crippen molar-refractivity contribution in [3.8, 4) is 5.75 Å². The Labute approximate surface area is 177 Å². The van der Waals surface area contributed by atoms with Crippen molar-refractivity contribution in [3.63, 3.8) is 0 Å². The molecule has 3 aromatic rings. The van der Waals surface area contributed by atoms with Crippen LogP contribution >= 0.6 is 22.9 Å². The molecule has 150 valence electrons. The Morgan fingerprint density at radius 1 is 1.17 bits per heavy atom. The average Bonchev–Trinajstić information content (AvgIpc) is 3.24. The Hall–Kier alpha value is -2.90. The lowest BCUT2D eigenvalue weighted by atomic mass is 10.1. The predicted molar refractivity (Wildman–Crippen MR) is 115 cm³/mol. The van der Waals surface area contributed by atoms with Gasteiger partial charge in [0.15, 0.2) is 0 Å². The van der Waals surface area contributed by atoms with Gasteiger partial charge in [-0.15, -0.1) is 11.3 Å². The molecule has 0 saturated carbocycles. The molecule has 0 atom stereocenters. The maximum atomic E-state index is 12.6. The van der Waals surface area contributed by atoms with Crippen LogP contribution in [0.5, 0.6) is 5.75 Å². The molecule has 0 unspecified atom stereocenters. The van der Waals surface area contributed by atoms with Crippen LogP contribution in [0.25, 0.3) is 0 Å². The molecule has 0 saturated heterocycles. The lowest BCUT2D eigenvalue weighted by molar-refractivity contribution is 0.0953. The zero-order chi connectivity index (χ0) is 20.6. The van der Waals surface area contributed by atoms with E-state index in [2.05, 4.69) is 15.6 Å². The van der Waals surface area contributed by atoms with Gasteiger partial charge in [-0.3, -0.25) is 9.59 Å². The number of hydrogen-bond donors (Lipinski definition) is 2. The van der Waals surface area contributed by atoms with E-state index < -0.39 is 0 Å². The summed E-state index contributed by atoms with van der Waals surface area (Å²) in [6.45, 7) is 2.89. The molecule has 0 aliphatic carbocycles. The van der Waals surface area contributed by atoms with Gasteiger partial charge in [0.05, 0.1) is 21.8 Å². The Kier molecular flexibility index (Phi) is 7.21. The first-order valence-corrected chi connectivity index (χ1v) is 10.4. The Morgan fingerprint density at radius 3 is 2.76 bits per heavy atom. The third-order valence-electron chi connectivity index (χ3n) is 3.97. The van der Waals surface area contributed by atoms with Gasteiger partial charge in [0.1, 0.15) is 12.4 Å². The maximum Gasteiger partial charge on any atom is 0.255 e. The Bertz CT molecular complexity index is 993. The lowest BCUT2D eigenvalue weighted by Crippen LogP contribution is -2.24. The third-order valence-corrected chi connectivity index (χ3v) is 4.92. The number of rotatable bonds is 8. The summed E-state index contributed by atoms with van der Waals surface area (Å²) in [5.41, 5.74) is 3.90. The second-order valence-corrected chi connectivity index (χ2v) is 7.33. The highest BCUT2D eigenvalue weighted by Gasteiger charge is 2.12. The van der Waals surface area contributed by atoms with Crippen molar-refractivity contribution < 1.29 is 14.3 Å². The number of nitrogens with one attached hydrogen (secondary N) is 2. The Balaban J connectivity index is 1.64. The minimum absolute atomic E-state index is 0.236. The molecule has 0 aliphatic heterocycles. The number of anilines is 1. The van der Waals surface area contributed by atoms with Gasteiger partial charge in [0.25, 0.3) is 11.8 Å². The van der Waals surface area contributed by atoms with E-state index in [0.717, 1.165) is 12.1 Å². The molecule has 1 aromatic heterocycles. The monoisotopic (exact) mass is 429 g/mol. The first kappa shape index (κ1) is 20.8. The summed E-state index contributed by atoms with van der Waals surface area (Å²) in [6.07, 6.45) is 0.837. The fraction of sp³-hybridized carbons (Fsp3) is 0.190.